The summed E-state index contributed by atoms with van der Waals surface area (Å²) in [7, 11) is 0. The smallest absolute Gasteiger partial charge is 0.232 e. The zero-order chi connectivity index (χ0) is 10.7. The third-order valence-corrected chi connectivity index (χ3v) is 1.94. The molecule has 0 atom stereocenters. The van der Waals surface area contributed by atoms with Crippen molar-refractivity contribution in [3.05, 3.63) is 42.4 Å². The molecule has 0 aliphatic carbocycles. The quantitative estimate of drug-likeness (QED) is 0.703. The predicted octanol–water partition coefficient (Wildman–Crippen LogP) is 1.60. The number of nitrogens with two attached hydrogens (primary N) is 1. The largest absolute Gasteiger partial charge is 0.399 e. The monoisotopic (exact) mass is 196 g/mol. The van der Waals surface area contributed by atoms with Crippen molar-refractivity contribution in [2.24, 2.45) is 0 Å². The highest BCUT2D eigenvalue weighted by Crippen LogP contribution is 2.18. The second kappa shape index (κ2) is 3.76. The van der Waals surface area contributed by atoms with E-state index in [2.05, 4.69) is 9.97 Å². The number of nitriles is 1. The molecule has 0 aliphatic heterocycles. The maximum absolute atomic E-state index is 8.66. The molecule has 0 bridgehead atoms. The van der Waals surface area contributed by atoms with Crippen molar-refractivity contribution in [1.29, 1.82) is 5.26 Å². The van der Waals surface area contributed by atoms with Crippen LogP contribution in [0.1, 0.15) is 5.82 Å². The van der Waals surface area contributed by atoms with Crippen LogP contribution in [-0.2, 0) is 0 Å². The predicted molar refractivity (Wildman–Crippen MR) is 56.6 cm³/mol. The van der Waals surface area contributed by atoms with Crippen molar-refractivity contribution in [1.82, 2.24) is 9.97 Å². The van der Waals surface area contributed by atoms with Gasteiger partial charge in [0.2, 0.25) is 5.82 Å². The zero-order valence-electron chi connectivity index (χ0n) is 7.88. The van der Waals surface area contributed by atoms with Crippen LogP contribution in [0.4, 0.5) is 5.69 Å². The fraction of sp³-hybridized carbons (Fsp3) is 0. The average Bonchev–Trinajstić information content (AvgIpc) is 2.29. The molecule has 72 valence electrons. The van der Waals surface area contributed by atoms with Crippen LogP contribution in [-0.4, -0.2) is 9.97 Å². The summed E-state index contributed by atoms with van der Waals surface area (Å²) in [4.78, 5) is 7.88. The normalized spacial score (nSPS) is 9.53. The van der Waals surface area contributed by atoms with Crippen molar-refractivity contribution in [2.45, 2.75) is 0 Å². The molecule has 0 aliphatic rings. The molecule has 15 heavy (non-hydrogen) atoms. The number of nitrogens with zero attached hydrogens (tertiary/aromatic N) is 3. The van der Waals surface area contributed by atoms with E-state index in [0.29, 0.717) is 11.4 Å². The Morgan fingerprint density at radius 1 is 1.27 bits per heavy atom. The van der Waals surface area contributed by atoms with Crippen molar-refractivity contribution in [3.8, 4) is 17.3 Å². The lowest BCUT2D eigenvalue weighted by Crippen LogP contribution is -1.92. The number of nitrogen functional groups attached to an aromatic ring is 1. The van der Waals surface area contributed by atoms with E-state index in [1.54, 1.807) is 18.3 Å². The Bertz CT molecular complexity index is 528. The Kier molecular flexibility index (Phi) is 2.30. The molecule has 2 rings (SSSR count). The first-order valence-corrected chi connectivity index (χ1v) is 4.38. The van der Waals surface area contributed by atoms with Crippen molar-refractivity contribution < 1.29 is 0 Å². The number of hydrogen-bond donors (Lipinski definition) is 1. The highest BCUT2D eigenvalue weighted by atomic mass is 14.9. The minimum absolute atomic E-state index is 0.162. The average molecular weight is 196 g/mol. The SMILES string of the molecule is N#Cc1nccc(-c2cccc(N)c2)n1. The second-order valence-electron chi connectivity index (χ2n) is 3.00. The number of hydrogen-bond acceptors (Lipinski definition) is 4. The molecule has 1 aromatic carbocycles. The molecule has 0 saturated heterocycles. The van der Waals surface area contributed by atoms with Gasteiger partial charge in [-0.05, 0) is 18.2 Å². The van der Waals surface area contributed by atoms with Crippen LogP contribution < -0.4 is 5.73 Å². The van der Waals surface area contributed by atoms with E-state index in [1.807, 2.05) is 24.3 Å². The molecule has 2 aromatic rings. The Balaban J connectivity index is 2.50. The lowest BCUT2D eigenvalue weighted by atomic mass is 10.1. The summed E-state index contributed by atoms with van der Waals surface area (Å²) in [5.74, 6) is 0.162. The first kappa shape index (κ1) is 9.16. The van der Waals surface area contributed by atoms with Gasteiger partial charge in [0, 0.05) is 17.4 Å². The van der Waals surface area contributed by atoms with E-state index < -0.39 is 0 Å². The van der Waals surface area contributed by atoms with Gasteiger partial charge in [-0.3, -0.25) is 0 Å². The maximum atomic E-state index is 8.66. The fourth-order valence-corrected chi connectivity index (χ4v) is 1.27. The maximum Gasteiger partial charge on any atom is 0.232 e. The molecule has 2 N–H and O–H groups in total. The number of benzene rings is 1. The van der Waals surface area contributed by atoms with E-state index in [1.165, 1.54) is 0 Å². The van der Waals surface area contributed by atoms with Crippen LogP contribution in [0, 0.1) is 11.3 Å². The second-order valence-corrected chi connectivity index (χ2v) is 3.00. The van der Waals surface area contributed by atoms with Gasteiger partial charge in [0.05, 0.1) is 5.69 Å². The van der Waals surface area contributed by atoms with Crippen LogP contribution in [0.2, 0.25) is 0 Å². The third kappa shape index (κ3) is 1.92. The number of rotatable bonds is 1. The third-order valence-electron chi connectivity index (χ3n) is 1.94. The van der Waals surface area contributed by atoms with E-state index in [0.717, 1.165) is 5.56 Å². The lowest BCUT2D eigenvalue weighted by Gasteiger charge is -2.01. The van der Waals surface area contributed by atoms with Crippen LogP contribution >= 0.6 is 0 Å². The Morgan fingerprint density at radius 3 is 2.87 bits per heavy atom. The van der Waals surface area contributed by atoms with Crippen molar-refractivity contribution in [3.63, 3.8) is 0 Å². The molecule has 4 heteroatoms. The molecule has 0 fully saturated rings. The van der Waals surface area contributed by atoms with Gasteiger partial charge >= 0.3 is 0 Å². The Labute approximate surface area is 87.0 Å². The minimum Gasteiger partial charge on any atom is -0.399 e. The van der Waals surface area contributed by atoms with Gasteiger partial charge < -0.3 is 5.73 Å². The highest BCUT2D eigenvalue weighted by molar-refractivity contribution is 5.63. The van der Waals surface area contributed by atoms with Crippen molar-refractivity contribution >= 4 is 5.69 Å². The van der Waals surface area contributed by atoms with Crippen molar-refractivity contribution in [2.75, 3.05) is 5.73 Å². The van der Waals surface area contributed by atoms with Crippen LogP contribution in [0.15, 0.2) is 36.5 Å². The molecule has 4 nitrogen and oxygen atoms in total. The molecule has 0 spiro atoms. The first-order valence-electron chi connectivity index (χ1n) is 4.38. The van der Waals surface area contributed by atoms with Gasteiger partial charge in [-0.25, -0.2) is 9.97 Å². The fourth-order valence-electron chi connectivity index (χ4n) is 1.27. The summed E-state index contributed by atoms with van der Waals surface area (Å²) in [5.41, 5.74) is 7.91. The van der Waals surface area contributed by atoms with Gasteiger partial charge in [0.15, 0.2) is 0 Å². The van der Waals surface area contributed by atoms with Gasteiger partial charge in [-0.2, -0.15) is 5.26 Å². The molecule has 0 amide bonds. The number of aromatic nitrogens is 2. The van der Waals surface area contributed by atoms with Crippen LogP contribution in [0.5, 0.6) is 0 Å². The standard InChI is InChI=1S/C11H8N4/c12-7-11-14-5-4-10(15-11)8-2-1-3-9(13)6-8/h1-6H,13H2. The van der Waals surface area contributed by atoms with E-state index in [4.69, 9.17) is 11.0 Å². The Morgan fingerprint density at radius 2 is 2.13 bits per heavy atom. The first-order chi connectivity index (χ1) is 7.29. The summed E-state index contributed by atoms with van der Waals surface area (Å²) in [6.45, 7) is 0. The summed E-state index contributed by atoms with van der Waals surface area (Å²) in [6.07, 6.45) is 1.56. The van der Waals surface area contributed by atoms with Gasteiger partial charge in [0.25, 0.3) is 0 Å². The van der Waals surface area contributed by atoms with E-state index in [-0.39, 0.29) is 5.82 Å². The van der Waals surface area contributed by atoms with Gasteiger partial charge in [-0.1, -0.05) is 12.1 Å². The molecule has 1 aromatic heterocycles. The molecule has 0 radical (unpaired) electrons. The van der Waals surface area contributed by atoms with Gasteiger partial charge in [-0.15, -0.1) is 0 Å². The molecule has 1 heterocycles. The molecule has 0 unspecified atom stereocenters. The van der Waals surface area contributed by atoms with Crippen LogP contribution in [0.3, 0.4) is 0 Å². The highest BCUT2D eigenvalue weighted by Gasteiger charge is 2.01. The molecular formula is C11H8N4. The zero-order valence-corrected chi connectivity index (χ0v) is 7.88. The van der Waals surface area contributed by atoms with Gasteiger partial charge in [0.1, 0.15) is 6.07 Å². The summed E-state index contributed by atoms with van der Waals surface area (Å²) in [6, 6.07) is 11.0. The Hall–Kier alpha value is -2.41. The minimum atomic E-state index is 0.162. The number of anilines is 1. The van der Waals surface area contributed by atoms with Crippen LogP contribution in [0.25, 0.3) is 11.3 Å². The molecule has 0 saturated carbocycles. The molecular weight excluding hydrogens is 188 g/mol. The summed E-state index contributed by atoms with van der Waals surface area (Å²) < 4.78 is 0. The van der Waals surface area contributed by atoms with E-state index in [9.17, 15) is 0 Å². The topological polar surface area (TPSA) is 75.6 Å². The summed E-state index contributed by atoms with van der Waals surface area (Å²) >= 11 is 0. The van der Waals surface area contributed by atoms with E-state index >= 15 is 0 Å². The lowest BCUT2D eigenvalue weighted by molar-refractivity contribution is 1.12. The summed E-state index contributed by atoms with van der Waals surface area (Å²) in [5, 5.41) is 8.66.